The van der Waals surface area contributed by atoms with E-state index in [1.54, 1.807) is 4.90 Å². The van der Waals surface area contributed by atoms with E-state index in [0.717, 1.165) is 29.6 Å². The monoisotopic (exact) mass is 341 g/mol. The van der Waals surface area contributed by atoms with E-state index in [0.29, 0.717) is 25.6 Å². The second-order valence-electron chi connectivity index (χ2n) is 7.07. The molecule has 0 N–H and O–H groups in total. The lowest BCUT2D eigenvalue weighted by molar-refractivity contribution is -0.135. The zero-order chi connectivity index (χ0) is 17.8. The highest BCUT2D eigenvalue weighted by Gasteiger charge is 2.25. The van der Waals surface area contributed by atoms with Crippen LogP contribution >= 0.6 is 0 Å². The Balaban J connectivity index is 1.58. The van der Waals surface area contributed by atoms with Crippen LogP contribution in [0.25, 0.3) is 10.9 Å². The van der Waals surface area contributed by atoms with Gasteiger partial charge in [-0.05, 0) is 31.5 Å². The second kappa shape index (κ2) is 7.93. The molecule has 0 spiro atoms. The summed E-state index contributed by atoms with van der Waals surface area (Å²) in [6, 6.07) is 10.6. The van der Waals surface area contributed by atoms with Crippen LogP contribution in [0.15, 0.2) is 36.5 Å². The molecule has 3 rings (SSSR count). The standard InChI is InChI=1S/C20H27N3O2/c1-15(2)23-8-9-25-18(14-23)11-20(24)22(3)13-16-10-17-6-4-5-7-19(17)21-12-16/h4-7,10,12,15,18H,8-9,11,13-14H2,1-3H3. The molecule has 1 aromatic carbocycles. The number of benzene rings is 1. The summed E-state index contributed by atoms with van der Waals surface area (Å²) in [5.41, 5.74) is 2.02. The smallest absolute Gasteiger partial charge is 0.225 e. The van der Waals surface area contributed by atoms with E-state index < -0.39 is 0 Å². The van der Waals surface area contributed by atoms with Crippen molar-refractivity contribution in [2.75, 3.05) is 26.7 Å². The van der Waals surface area contributed by atoms with Gasteiger partial charge in [-0.25, -0.2) is 0 Å². The third-order valence-electron chi connectivity index (χ3n) is 4.80. The molecule has 5 nitrogen and oxygen atoms in total. The Morgan fingerprint density at radius 2 is 2.20 bits per heavy atom. The number of pyridine rings is 1. The Morgan fingerprint density at radius 1 is 1.40 bits per heavy atom. The molecule has 1 aliphatic heterocycles. The third kappa shape index (κ3) is 4.55. The van der Waals surface area contributed by atoms with E-state index >= 15 is 0 Å². The molecule has 5 heteroatoms. The SMILES string of the molecule is CC(C)N1CCOC(CC(=O)N(C)Cc2cnc3ccccc3c2)C1. The quantitative estimate of drug-likeness (QED) is 0.839. The van der Waals surface area contributed by atoms with Crippen molar-refractivity contribution < 1.29 is 9.53 Å². The second-order valence-corrected chi connectivity index (χ2v) is 7.07. The molecular weight excluding hydrogens is 314 g/mol. The fourth-order valence-electron chi connectivity index (χ4n) is 3.25. The van der Waals surface area contributed by atoms with Crippen LogP contribution in [0.2, 0.25) is 0 Å². The zero-order valence-electron chi connectivity index (χ0n) is 15.3. The fraction of sp³-hybridized carbons (Fsp3) is 0.500. The van der Waals surface area contributed by atoms with Gasteiger partial charge in [0.2, 0.25) is 5.91 Å². The average Bonchev–Trinajstić information content (AvgIpc) is 2.61. The number of carbonyl (C=O) groups excluding carboxylic acids is 1. The fourth-order valence-corrected chi connectivity index (χ4v) is 3.25. The Kier molecular flexibility index (Phi) is 5.66. The van der Waals surface area contributed by atoms with Gasteiger partial charge in [0.25, 0.3) is 0 Å². The maximum absolute atomic E-state index is 12.6. The molecule has 1 amide bonds. The molecule has 0 saturated carbocycles. The predicted molar refractivity (Wildman–Crippen MR) is 99.3 cm³/mol. The topological polar surface area (TPSA) is 45.7 Å². The first-order valence-corrected chi connectivity index (χ1v) is 8.96. The highest BCUT2D eigenvalue weighted by molar-refractivity contribution is 5.79. The lowest BCUT2D eigenvalue weighted by atomic mass is 10.1. The summed E-state index contributed by atoms with van der Waals surface area (Å²) in [7, 11) is 1.85. The number of aromatic nitrogens is 1. The largest absolute Gasteiger partial charge is 0.375 e. The van der Waals surface area contributed by atoms with Gasteiger partial charge in [0.05, 0.1) is 24.6 Å². The third-order valence-corrected chi connectivity index (χ3v) is 4.80. The minimum absolute atomic E-state index is 0.0131. The molecule has 1 saturated heterocycles. The molecule has 0 radical (unpaired) electrons. The molecule has 1 fully saturated rings. The van der Waals surface area contributed by atoms with Gasteiger partial charge in [0, 0.05) is 44.3 Å². The van der Waals surface area contributed by atoms with E-state index in [1.807, 2.05) is 37.5 Å². The van der Waals surface area contributed by atoms with Crippen molar-refractivity contribution in [3.05, 3.63) is 42.1 Å². The lowest BCUT2D eigenvalue weighted by Gasteiger charge is -2.35. The van der Waals surface area contributed by atoms with Gasteiger partial charge in [0.1, 0.15) is 0 Å². The normalized spacial score (nSPS) is 18.6. The Hall–Kier alpha value is -1.98. The van der Waals surface area contributed by atoms with Gasteiger partial charge in [-0.1, -0.05) is 18.2 Å². The van der Waals surface area contributed by atoms with Crippen molar-refractivity contribution in [3.63, 3.8) is 0 Å². The summed E-state index contributed by atoms with van der Waals surface area (Å²) in [4.78, 5) is 21.2. The zero-order valence-corrected chi connectivity index (χ0v) is 15.3. The van der Waals surface area contributed by atoms with Crippen LogP contribution < -0.4 is 0 Å². The Labute approximate surface area is 149 Å². The average molecular weight is 341 g/mol. The maximum atomic E-state index is 12.6. The number of fused-ring (bicyclic) bond motifs is 1. The van der Waals surface area contributed by atoms with E-state index in [1.165, 1.54) is 0 Å². The molecular formula is C20H27N3O2. The predicted octanol–water partition coefficient (Wildman–Crippen LogP) is 2.69. The first kappa shape index (κ1) is 17.8. The number of carbonyl (C=O) groups is 1. The summed E-state index contributed by atoms with van der Waals surface area (Å²) in [5, 5.41) is 1.10. The number of nitrogens with zero attached hydrogens (tertiary/aromatic N) is 3. The number of hydrogen-bond acceptors (Lipinski definition) is 4. The van der Waals surface area contributed by atoms with Crippen molar-refractivity contribution in [2.45, 2.75) is 39.0 Å². The Bertz CT molecular complexity index is 732. The summed E-state index contributed by atoms with van der Waals surface area (Å²) in [6.45, 7) is 7.41. The molecule has 2 aromatic rings. The van der Waals surface area contributed by atoms with Crippen molar-refractivity contribution in [1.29, 1.82) is 0 Å². The molecule has 1 atom stereocenters. The molecule has 25 heavy (non-hydrogen) atoms. The van der Waals surface area contributed by atoms with E-state index in [4.69, 9.17) is 4.74 Å². The van der Waals surface area contributed by atoms with Gasteiger partial charge in [-0.15, -0.1) is 0 Å². The number of rotatable bonds is 5. The molecule has 2 heterocycles. The van der Waals surface area contributed by atoms with E-state index in [-0.39, 0.29) is 12.0 Å². The summed E-state index contributed by atoms with van der Waals surface area (Å²) in [5.74, 6) is 0.115. The van der Waals surface area contributed by atoms with E-state index in [2.05, 4.69) is 29.8 Å². The molecule has 1 unspecified atom stereocenters. The highest BCUT2D eigenvalue weighted by Crippen LogP contribution is 2.16. The van der Waals surface area contributed by atoms with Crippen LogP contribution in [0.4, 0.5) is 0 Å². The molecule has 134 valence electrons. The van der Waals surface area contributed by atoms with Crippen molar-refractivity contribution in [3.8, 4) is 0 Å². The number of para-hydroxylation sites is 1. The molecule has 0 aliphatic carbocycles. The van der Waals surface area contributed by atoms with Crippen LogP contribution in [0.1, 0.15) is 25.8 Å². The van der Waals surface area contributed by atoms with Crippen LogP contribution in [0, 0.1) is 0 Å². The van der Waals surface area contributed by atoms with Gasteiger partial charge < -0.3 is 9.64 Å². The summed E-state index contributed by atoms with van der Waals surface area (Å²) >= 11 is 0. The minimum atomic E-state index is -0.0131. The lowest BCUT2D eigenvalue weighted by Crippen LogP contribution is -2.47. The van der Waals surface area contributed by atoms with Gasteiger partial charge in [0.15, 0.2) is 0 Å². The van der Waals surface area contributed by atoms with Crippen molar-refractivity contribution in [2.24, 2.45) is 0 Å². The van der Waals surface area contributed by atoms with Gasteiger partial charge in [-0.2, -0.15) is 0 Å². The molecule has 1 aliphatic rings. The Morgan fingerprint density at radius 3 is 3.00 bits per heavy atom. The number of hydrogen-bond donors (Lipinski definition) is 0. The number of ether oxygens (including phenoxy) is 1. The maximum Gasteiger partial charge on any atom is 0.225 e. The summed E-state index contributed by atoms with van der Waals surface area (Å²) < 4.78 is 5.79. The van der Waals surface area contributed by atoms with Crippen LogP contribution in [0.3, 0.4) is 0 Å². The molecule has 1 aromatic heterocycles. The van der Waals surface area contributed by atoms with Crippen molar-refractivity contribution in [1.82, 2.24) is 14.8 Å². The highest BCUT2D eigenvalue weighted by atomic mass is 16.5. The van der Waals surface area contributed by atoms with Crippen LogP contribution in [-0.4, -0.2) is 59.6 Å². The van der Waals surface area contributed by atoms with Crippen molar-refractivity contribution >= 4 is 16.8 Å². The minimum Gasteiger partial charge on any atom is -0.375 e. The number of amides is 1. The first-order valence-electron chi connectivity index (χ1n) is 8.96. The molecule has 0 bridgehead atoms. The van der Waals surface area contributed by atoms with E-state index in [9.17, 15) is 4.79 Å². The summed E-state index contributed by atoms with van der Waals surface area (Å²) in [6.07, 6.45) is 2.27. The van der Waals surface area contributed by atoms with Crippen LogP contribution in [0.5, 0.6) is 0 Å². The van der Waals surface area contributed by atoms with Gasteiger partial charge >= 0.3 is 0 Å². The first-order chi connectivity index (χ1) is 12.0. The van der Waals surface area contributed by atoms with Crippen LogP contribution in [-0.2, 0) is 16.1 Å². The number of morpholine rings is 1. The van der Waals surface area contributed by atoms with Gasteiger partial charge in [-0.3, -0.25) is 14.7 Å².